The van der Waals surface area contributed by atoms with E-state index in [1.165, 1.54) is 77.3 Å². The van der Waals surface area contributed by atoms with Crippen molar-refractivity contribution in [3.8, 4) is 0 Å². The molecule has 2 aliphatic rings. The summed E-state index contributed by atoms with van der Waals surface area (Å²) in [6.45, 7) is 10.3. The first-order chi connectivity index (χ1) is 19.1. The quantitative estimate of drug-likeness (QED) is 0.116. The summed E-state index contributed by atoms with van der Waals surface area (Å²) in [4.78, 5) is 5.04. The van der Waals surface area contributed by atoms with Crippen LogP contribution in [0.5, 0.6) is 0 Å². The van der Waals surface area contributed by atoms with E-state index in [2.05, 4.69) is 9.80 Å². The summed E-state index contributed by atoms with van der Waals surface area (Å²) >= 11 is 0. The van der Waals surface area contributed by atoms with Gasteiger partial charge in [-0.05, 0) is 38.8 Å². The van der Waals surface area contributed by atoms with Gasteiger partial charge < -0.3 is 31.3 Å². The summed E-state index contributed by atoms with van der Waals surface area (Å²) in [5.41, 5.74) is 0. The van der Waals surface area contributed by atoms with Crippen LogP contribution < -0.4 is 0 Å². The van der Waals surface area contributed by atoms with Crippen LogP contribution in [-0.4, -0.2) is 122 Å². The zero-order valence-corrected chi connectivity index (χ0v) is 27.7. The number of morpholine rings is 2. The molecular formula is C28H60N2O7Si2. The van der Waals surface area contributed by atoms with E-state index in [1.807, 2.05) is 0 Å². The third kappa shape index (κ3) is 14.7. The van der Waals surface area contributed by atoms with Crippen molar-refractivity contribution in [2.75, 3.05) is 94.1 Å². The van der Waals surface area contributed by atoms with E-state index in [0.29, 0.717) is 0 Å². The molecule has 232 valence electrons. The van der Waals surface area contributed by atoms with Crippen LogP contribution in [0, 0.1) is 0 Å². The summed E-state index contributed by atoms with van der Waals surface area (Å²) in [7, 11) is 1.16. The van der Waals surface area contributed by atoms with Crippen molar-refractivity contribution in [2.45, 2.75) is 89.1 Å². The average molecular weight is 593 g/mol. The molecule has 39 heavy (non-hydrogen) atoms. The molecule has 0 N–H and O–H groups in total. The van der Waals surface area contributed by atoms with Crippen LogP contribution in [0.2, 0.25) is 12.1 Å². The molecule has 2 rings (SSSR count). The van der Waals surface area contributed by atoms with Crippen LogP contribution in [0.4, 0.5) is 0 Å². The molecule has 0 spiro atoms. The zero-order chi connectivity index (χ0) is 28.1. The second-order valence-corrected chi connectivity index (χ2v) is 17.1. The second kappa shape index (κ2) is 21.7. The third-order valence-electron chi connectivity index (χ3n) is 8.18. The molecule has 0 aliphatic carbocycles. The van der Waals surface area contributed by atoms with Crippen molar-refractivity contribution in [3.05, 3.63) is 0 Å². The molecule has 0 saturated carbocycles. The number of nitrogens with zero attached hydrogens (tertiary/aromatic N) is 2. The van der Waals surface area contributed by atoms with Crippen molar-refractivity contribution >= 4 is 17.6 Å². The highest BCUT2D eigenvalue weighted by atomic mass is 28.5. The van der Waals surface area contributed by atoms with Gasteiger partial charge in [0.05, 0.1) is 26.4 Å². The lowest BCUT2D eigenvalue weighted by molar-refractivity contribution is 0.0371. The number of rotatable bonds is 24. The van der Waals surface area contributed by atoms with E-state index in [4.69, 9.17) is 31.3 Å². The lowest BCUT2D eigenvalue weighted by Crippen LogP contribution is -2.57. The molecule has 9 nitrogen and oxygen atoms in total. The highest BCUT2D eigenvalue weighted by Gasteiger charge is 2.51. The van der Waals surface area contributed by atoms with Crippen LogP contribution in [0.25, 0.3) is 0 Å². The predicted molar refractivity (Wildman–Crippen MR) is 160 cm³/mol. The first-order valence-corrected chi connectivity index (χ1v) is 19.5. The fraction of sp³-hybridized carbons (Fsp3) is 1.00. The normalized spacial score (nSPS) is 18.2. The van der Waals surface area contributed by atoms with Crippen molar-refractivity contribution in [2.24, 2.45) is 0 Å². The zero-order valence-electron chi connectivity index (χ0n) is 25.7. The van der Waals surface area contributed by atoms with E-state index in [9.17, 15) is 0 Å². The average Bonchev–Trinajstić information content (AvgIpc) is 2.99. The maximum Gasteiger partial charge on any atom is 0.493 e. The molecule has 2 saturated heterocycles. The minimum Gasteiger partial charge on any atom is -0.379 e. The standard InChI is InChI=1S/C28H60N2O7Si2/c1-31-38(32-2,27-15-11-7-5-9-13-17-29-19-23-35-24-20-29)37-39(33-3,34-4)28-16-12-8-6-10-14-18-30-21-25-36-26-22-30/h5-28H2,1-4H3. The molecule has 0 aromatic heterocycles. The minimum atomic E-state index is -2.84. The van der Waals surface area contributed by atoms with Gasteiger partial charge in [-0.3, -0.25) is 9.80 Å². The summed E-state index contributed by atoms with van der Waals surface area (Å²) < 4.78 is 41.2. The second-order valence-electron chi connectivity index (χ2n) is 10.9. The summed E-state index contributed by atoms with van der Waals surface area (Å²) in [5, 5.41) is 0. The molecule has 0 amide bonds. The van der Waals surface area contributed by atoms with Crippen molar-refractivity contribution in [1.29, 1.82) is 0 Å². The molecule has 0 radical (unpaired) electrons. The number of hydrogen-bond acceptors (Lipinski definition) is 9. The smallest absolute Gasteiger partial charge is 0.379 e. The van der Waals surface area contributed by atoms with Gasteiger partial charge in [-0.2, -0.15) is 0 Å². The van der Waals surface area contributed by atoms with Crippen molar-refractivity contribution in [1.82, 2.24) is 9.80 Å². The molecule has 0 aromatic carbocycles. The molecule has 0 bridgehead atoms. The molecule has 11 heteroatoms. The Morgan fingerprint density at radius 2 is 0.769 bits per heavy atom. The van der Waals surface area contributed by atoms with Gasteiger partial charge in [-0.1, -0.05) is 51.4 Å². The maximum absolute atomic E-state index is 6.60. The van der Waals surface area contributed by atoms with Crippen LogP contribution in [0.1, 0.15) is 77.0 Å². The van der Waals surface area contributed by atoms with Gasteiger partial charge in [0.2, 0.25) is 0 Å². The maximum atomic E-state index is 6.60. The molecule has 0 atom stereocenters. The van der Waals surface area contributed by atoms with Gasteiger partial charge in [0, 0.05) is 66.7 Å². The van der Waals surface area contributed by atoms with E-state index in [0.717, 1.165) is 77.5 Å². The fourth-order valence-electron chi connectivity index (χ4n) is 5.50. The molecule has 2 fully saturated rings. The third-order valence-corrected chi connectivity index (χ3v) is 15.1. The number of ether oxygens (including phenoxy) is 2. The van der Waals surface area contributed by atoms with E-state index in [1.54, 1.807) is 28.4 Å². The Bertz CT molecular complexity index is 526. The Hall–Kier alpha value is 0.0738. The van der Waals surface area contributed by atoms with E-state index in [-0.39, 0.29) is 0 Å². The Labute approximate surface area is 241 Å². The number of hydrogen-bond donors (Lipinski definition) is 0. The van der Waals surface area contributed by atoms with Crippen molar-refractivity contribution < 1.29 is 31.3 Å². The highest BCUT2D eigenvalue weighted by molar-refractivity contribution is 6.74. The van der Waals surface area contributed by atoms with Crippen LogP contribution in [0.3, 0.4) is 0 Å². The fourth-order valence-corrected chi connectivity index (χ4v) is 12.1. The van der Waals surface area contributed by atoms with Crippen LogP contribution in [0.15, 0.2) is 0 Å². The Morgan fingerprint density at radius 3 is 1.10 bits per heavy atom. The largest absolute Gasteiger partial charge is 0.493 e. The molecule has 2 aliphatic heterocycles. The summed E-state index contributed by atoms with van der Waals surface area (Å²) in [6.07, 6.45) is 14.6. The first kappa shape index (κ1) is 35.3. The van der Waals surface area contributed by atoms with E-state index >= 15 is 0 Å². The Balaban J connectivity index is 1.59. The van der Waals surface area contributed by atoms with Gasteiger partial charge in [-0.25, -0.2) is 0 Å². The highest BCUT2D eigenvalue weighted by Crippen LogP contribution is 2.28. The molecule has 2 heterocycles. The minimum absolute atomic E-state index is 0.804. The van der Waals surface area contributed by atoms with Crippen LogP contribution >= 0.6 is 0 Å². The lowest BCUT2D eigenvalue weighted by Gasteiger charge is -2.35. The SMILES string of the molecule is CO[Si](CCCCCCCCN1CCOCC1)(OC)O[Si](CCCCCCCCN1CCOCC1)(OC)OC. The van der Waals surface area contributed by atoms with Gasteiger partial charge in [0.1, 0.15) is 0 Å². The molecule has 0 aromatic rings. The predicted octanol–water partition coefficient (Wildman–Crippen LogP) is 4.81. The Kier molecular flexibility index (Phi) is 19.7. The molecular weight excluding hydrogens is 532 g/mol. The lowest BCUT2D eigenvalue weighted by atomic mass is 10.1. The van der Waals surface area contributed by atoms with Gasteiger partial charge in [0.15, 0.2) is 0 Å². The molecule has 0 unspecified atom stereocenters. The first-order valence-electron chi connectivity index (χ1n) is 15.6. The van der Waals surface area contributed by atoms with Gasteiger partial charge >= 0.3 is 17.6 Å². The van der Waals surface area contributed by atoms with Crippen LogP contribution in [-0.2, 0) is 31.3 Å². The van der Waals surface area contributed by atoms with Gasteiger partial charge in [-0.15, -0.1) is 0 Å². The topological polar surface area (TPSA) is 71.1 Å². The summed E-state index contributed by atoms with van der Waals surface area (Å²) in [6, 6.07) is 1.61. The monoisotopic (exact) mass is 592 g/mol. The Morgan fingerprint density at radius 1 is 0.462 bits per heavy atom. The van der Waals surface area contributed by atoms with Gasteiger partial charge in [0.25, 0.3) is 0 Å². The summed E-state index contributed by atoms with van der Waals surface area (Å²) in [5.74, 6) is 0. The van der Waals surface area contributed by atoms with Crippen molar-refractivity contribution in [3.63, 3.8) is 0 Å². The van der Waals surface area contributed by atoms with E-state index < -0.39 is 17.6 Å². The number of unbranched alkanes of at least 4 members (excludes halogenated alkanes) is 10.